The number of hydrogen-bond acceptors (Lipinski definition) is 7. The van der Waals surface area contributed by atoms with E-state index in [1.54, 1.807) is 0 Å². The highest BCUT2D eigenvalue weighted by atomic mass is 16.7. The van der Waals surface area contributed by atoms with Gasteiger partial charge in [-0.3, -0.25) is 10.1 Å². The fourth-order valence-electron chi connectivity index (χ4n) is 5.85. The van der Waals surface area contributed by atoms with Crippen molar-refractivity contribution >= 4 is 23.3 Å². The van der Waals surface area contributed by atoms with Crippen LogP contribution >= 0.6 is 0 Å². The zero-order chi connectivity index (χ0) is 27.9. The van der Waals surface area contributed by atoms with Crippen LogP contribution in [0.25, 0.3) is 0 Å². The summed E-state index contributed by atoms with van der Waals surface area (Å²) in [6.07, 6.45) is 2.53. The second-order valence-electron chi connectivity index (χ2n) is 11.4. The largest absolute Gasteiger partial charge is 0.511 e. The van der Waals surface area contributed by atoms with Gasteiger partial charge in [0.25, 0.3) is 5.69 Å². The number of non-ortho nitro benzene ring substituents is 1. The number of aromatic nitrogens is 2. The van der Waals surface area contributed by atoms with Gasteiger partial charge in [-0.05, 0) is 88.1 Å². The summed E-state index contributed by atoms with van der Waals surface area (Å²) in [5.41, 5.74) is 4.27. The molecule has 2 N–H and O–H groups in total. The molecule has 2 aliphatic rings. The first-order chi connectivity index (χ1) is 18.5. The summed E-state index contributed by atoms with van der Waals surface area (Å²) >= 11 is 0. The Morgan fingerprint density at radius 2 is 1.92 bits per heavy atom. The highest BCUT2D eigenvalue weighted by molar-refractivity contribution is 5.63. The van der Waals surface area contributed by atoms with Gasteiger partial charge in [-0.2, -0.15) is 10.4 Å². The third-order valence-electron chi connectivity index (χ3n) is 7.71. The molecule has 0 amide bonds. The first-order valence-electron chi connectivity index (χ1n) is 13.1. The maximum atomic E-state index is 11.4. The Balaban J connectivity index is 1.42. The smallest absolute Gasteiger partial charge is 0.449 e. The van der Waals surface area contributed by atoms with Crippen LogP contribution in [-0.4, -0.2) is 26.0 Å². The summed E-state index contributed by atoms with van der Waals surface area (Å²) < 4.78 is 6.93. The standard InChI is InChI=1S/C29H31N5O5/c1-29(2,3)33-27(31-21-9-8-17-4-7-20(16-30)23(17)13-21)15-25(32-33)19-6-5-18(12-19)24-14-22(34(37)38)10-11-26(24)39-28(35)36/h8-11,13-15,18-20,31H,4-7,12H2,1-3H3,(H,35,36)/t18-,19+,20?/m1/s1. The second-order valence-corrected chi connectivity index (χ2v) is 11.4. The van der Waals surface area contributed by atoms with E-state index in [0.717, 1.165) is 48.4 Å². The SMILES string of the molecule is CC(C)(C)n1nc([C@H]2CC[C@@H](c3cc([N+](=O)[O-])ccc3OC(=O)O)C2)cc1Nc1ccc2c(c1)C(C#N)CC2. The van der Waals surface area contributed by atoms with Crippen LogP contribution in [0.15, 0.2) is 42.5 Å². The zero-order valence-electron chi connectivity index (χ0n) is 22.2. The topological polar surface area (TPSA) is 143 Å². The van der Waals surface area contributed by atoms with Crippen LogP contribution in [0.1, 0.15) is 86.6 Å². The van der Waals surface area contributed by atoms with Gasteiger partial charge in [-0.15, -0.1) is 0 Å². The number of fused-ring (bicyclic) bond motifs is 1. The van der Waals surface area contributed by atoms with E-state index >= 15 is 0 Å². The van der Waals surface area contributed by atoms with Crippen molar-refractivity contribution in [2.75, 3.05) is 5.32 Å². The van der Waals surface area contributed by atoms with Crippen LogP contribution in [0.2, 0.25) is 0 Å². The van der Waals surface area contributed by atoms with Crippen LogP contribution in [0.3, 0.4) is 0 Å². The van der Waals surface area contributed by atoms with Crippen molar-refractivity contribution in [1.82, 2.24) is 9.78 Å². The van der Waals surface area contributed by atoms with Crippen LogP contribution in [0.5, 0.6) is 5.75 Å². The van der Waals surface area contributed by atoms with Crippen molar-refractivity contribution in [1.29, 1.82) is 5.26 Å². The summed E-state index contributed by atoms with van der Waals surface area (Å²) in [4.78, 5) is 22.1. The molecule has 0 radical (unpaired) electrons. The minimum Gasteiger partial charge on any atom is -0.449 e. The van der Waals surface area contributed by atoms with E-state index < -0.39 is 11.1 Å². The summed E-state index contributed by atoms with van der Waals surface area (Å²) in [5, 5.41) is 38.6. The summed E-state index contributed by atoms with van der Waals surface area (Å²) in [5.74, 6) is 0.898. The fourth-order valence-corrected chi connectivity index (χ4v) is 5.85. The zero-order valence-corrected chi connectivity index (χ0v) is 22.2. The maximum Gasteiger partial charge on any atom is 0.511 e. The van der Waals surface area contributed by atoms with E-state index in [1.165, 1.54) is 23.8 Å². The number of carboxylic acid groups (broad SMARTS) is 1. The lowest BCUT2D eigenvalue weighted by molar-refractivity contribution is -0.385. The summed E-state index contributed by atoms with van der Waals surface area (Å²) in [6, 6.07) is 14.7. The number of aryl methyl sites for hydroxylation is 1. The maximum absolute atomic E-state index is 11.4. The van der Waals surface area contributed by atoms with Gasteiger partial charge in [0.2, 0.25) is 0 Å². The number of anilines is 2. The molecule has 3 atom stereocenters. The van der Waals surface area contributed by atoms with Crippen molar-refractivity contribution in [2.45, 2.75) is 76.2 Å². The normalized spacial score (nSPS) is 20.3. The molecule has 0 aliphatic heterocycles. The Labute approximate surface area is 226 Å². The third-order valence-corrected chi connectivity index (χ3v) is 7.71. The number of nitriles is 1. The van der Waals surface area contributed by atoms with Crippen molar-refractivity contribution < 1.29 is 19.6 Å². The number of benzene rings is 2. The van der Waals surface area contributed by atoms with Crippen LogP contribution < -0.4 is 10.1 Å². The number of rotatable bonds is 6. The van der Waals surface area contributed by atoms with E-state index in [1.807, 2.05) is 10.7 Å². The van der Waals surface area contributed by atoms with Gasteiger partial charge in [-0.25, -0.2) is 9.48 Å². The Morgan fingerprint density at radius 1 is 1.15 bits per heavy atom. The second kappa shape index (κ2) is 10.1. The number of ether oxygens (including phenoxy) is 1. The first-order valence-corrected chi connectivity index (χ1v) is 13.1. The number of nitro benzene ring substituents is 1. The Bertz CT molecular complexity index is 1480. The molecule has 5 rings (SSSR count). The Morgan fingerprint density at radius 3 is 2.62 bits per heavy atom. The number of hydrogen-bond donors (Lipinski definition) is 2. The highest BCUT2D eigenvalue weighted by Gasteiger charge is 2.33. The van der Waals surface area contributed by atoms with Gasteiger partial charge < -0.3 is 15.2 Å². The molecule has 39 heavy (non-hydrogen) atoms. The number of carbonyl (C=O) groups is 1. The number of nitrogens with zero attached hydrogens (tertiary/aromatic N) is 4. The Kier molecular flexibility index (Phi) is 6.76. The van der Waals surface area contributed by atoms with Gasteiger partial charge in [0, 0.05) is 35.4 Å². The fraction of sp³-hybridized carbons (Fsp3) is 0.414. The van der Waals surface area contributed by atoms with Gasteiger partial charge in [0.05, 0.1) is 28.1 Å². The summed E-state index contributed by atoms with van der Waals surface area (Å²) in [7, 11) is 0. The molecule has 202 valence electrons. The number of nitro groups is 1. The highest BCUT2D eigenvalue weighted by Crippen LogP contribution is 2.47. The average molecular weight is 530 g/mol. The van der Waals surface area contributed by atoms with Gasteiger partial charge in [0.1, 0.15) is 11.6 Å². The van der Waals surface area contributed by atoms with E-state index in [0.29, 0.717) is 12.0 Å². The molecule has 1 aromatic heterocycles. The van der Waals surface area contributed by atoms with Crippen molar-refractivity contribution in [3.8, 4) is 11.8 Å². The van der Waals surface area contributed by atoms with Crippen molar-refractivity contribution in [3.05, 3.63) is 75.0 Å². The predicted molar refractivity (Wildman–Crippen MR) is 145 cm³/mol. The van der Waals surface area contributed by atoms with E-state index in [4.69, 9.17) is 14.9 Å². The van der Waals surface area contributed by atoms with Crippen molar-refractivity contribution in [3.63, 3.8) is 0 Å². The van der Waals surface area contributed by atoms with Gasteiger partial charge >= 0.3 is 6.16 Å². The summed E-state index contributed by atoms with van der Waals surface area (Å²) in [6.45, 7) is 6.25. The van der Waals surface area contributed by atoms with Crippen LogP contribution in [0.4, 0.5) is 22.0 Å². The molecule has 3 aromatic rings. The minimum atomic E-state index is -1.45. The van der Waals surface area contributed by atoms with E-state index in [9.17, 15) is 20.2 Å². The van der Waals surface area contributed by atoms with Crippen LogP contribution in [0, 0.1) is 21.4 Å². The molecular formula is C29H31N5O5. The molecule has 2 aliphatic carbocycles. The lowest BCUT2D eigenvalue weighted by atomic mass is 9.94. The monoisotopic (exact) mass is 529 g/mol. The molecule has 0 bridgehead atoms. The molecule has 10 heteroatoms. The van der Waals surface area contributed by atoms with Crippen LogP contribution in [-0.2, 0) is 12.0 Å². The molecule has 0 spiro atoms. The molecule has 1 fully saturated rings. The quantitative estimate of drug-likeness (QED) is 0.151. The van der Waals surface area contributed by atoms with E-state index in [-0.39, 0.29) is 34.7 Å². The lowest BCUT2D eigenvalue weighted by Crippen LogP contribution is -2.24. The molecule has 10 nitrogen and oxygen atoms in total. The molecular weight excluding hydrogens is 498 g/mol. The molecule has 0 saturated heterocycles. The first kappa shape index (κ1) is 26.2. The average Bonchev–Trinajstić information content (AvgIpc) is 3.61. The third kappa shape index (κ3) is 5.30. The predicted octanol–water partition coefficient (Wildman–Crippen LogP) is 6.95. The van der Waals surface area contributed by atoms with Gasteiger partial charge in [0.15, 0.2) is 0 Å². The van der Waals surface area contributed by atoms with E-state index in [2.05, 4.69) is 50.4 Å². The molecule has 1 heterocycles. The Hall–Kier alpha value is -4.39. The number of nitrogens with one attached hydrogen (secondary N) is 1. The van der Waals surface area contributed by atoms with Gasteiger partial charge in [-0.1, -0.05) is 6.07 Å². The van der Waals surface area contributed by atoms with Crippen molar-refractivity contribution in [2.24, 2.45) is 0 Å². The lowest BCUT2D eigenvalue weighted by Gasteiger charge is -2.23. The molecule has 1 unspecified atom stereocenters. The molecule has 1 saturated carbocycles. The molecule has 2 aromatic carbocycles. The minimum absolute atomic E-state index is 0.0796.